The highest BCUT2D eigenvalue weighted by molar-refractivity contribution is 5.84. The van der Waals surface area contributed by atoms with Gasteiger partial charge in [0.1, 0.15) is 0 Å². The number of para-hydroxylation sites is 1. The van der Waals surface area contributed by atoms with Gasteiger partial charge < -0.3 is 10.6 Å². The first-order valence-electron chi connectivity index (χ1n) is 6.87. The van der Waals surface area contributed by atoms with Crippen LogP contribution in [0.2, 0.25) is 0 Å². The van der Waals surface area contributed by atoms with E-state index in [0.717, 1.165) is 25.1 Å². The molecule has 1 saturated heterocycles. The normalized spacial score (nSPS) is 17.5. The fourth-order valence-electron chi connectivity index (χ4n) is 2.78. The highest BCUT2D eigenvalue weighted by Gasteiger charge is 2.22. The molecule has 98 valence electrons. The van der Waals surface area contributed by atoms with E-state index in [1.54, 1.807) is 0 Å². The van der Waals surface area contributed by atoms with Gasteiger partial charge in [0.15, 0.2) is 0 Å². The van der Waals surface area contributed by atoms with Gasteiger partial charge in [-0.05, 0) is 37.3 Å². The van der Waals surface area contributed by atoms with E-state index in [4.69, 9.17) is 5.73 Å². The summed E-state index contributed by atoms with van der Waals surface area (Å²) < 4.78 is 0. The summed E-state index contributed by atoms with van der Waals surface area (Å²) >= 11 is 0. The molecule has 18 heavy (non-hydrogen) atoms. The molecule has 3 heteroatoms. The van der Waals surface area contributed by atoms with Crippen molar-refractivity contribution in [1.29, 1.82) is 0 Å². The molecule has 0 bridgehead atoms. The standard InChI is InChI=1S/C15H22N2O/c1-2-12(15(16)18)13-8-4-5-9-14(13)17-10-6-3-7-11-17/h4-5,8-9,12H,2-3,6-7,10-11H2,1H3,(H2,16,18). The van der Waals surface area contributed by atoms with Crippen LogP contribution in [0.5, 0.6) is 0 Å². The average molecular weight is 246 g/mol. The smallest absolute Gasteiger partial charge is 0.225 e. The number of benzene rings is 1. The molecule has 0 aliphatic carbocycles. The van der Waals surface area contributed by atoms with Gasteiger partial charge in [0.05, 0.1) is 5.92 Å². The quantitative estimate of drug-likeness (QED) is 0.887. The van der Waals surface area contributed by atoms with Crippen molar-refractivity contribution in [3.05, 3.63) is 29.8 Å². The summed E-state index contributed by atoms with van der Waals surface area (Å²) in [5.74, 6) is -0.384. The number of anilines is 1. The van der Waals surface area contributed by atoms with Crippen LogP contribution in [0.25, 0.3) is 0 Å². The predicted molar refractivity (Wildman–Crippen MR) is 74.7 cm³/mol. The van der Waals surface area contributed by atoms with Crippen LogP contribution in [0, 0.1) is 0 Å². The molecular formula is C15H22N2O. The molecule has 0 radical (unpaired) electrons. The zero-order valence-corrected chi connectivity index (χ0v) is 11.1. The zero-order valence-electron chi connectivity index (χ0n) is 11.1. The lowest BCUT2D eigenvalue weighted by Crippen LogP contribution is -2.31. The van der Waals surface area contributed by atoms with E-state index in [0.29, 0.717) is 0 Å². The number of amides is 1. The maximum Gasteiger partial charge on any atom is 0.225 e. The molecule has 1 amide bonds. The molecule has 1 aliphatic rings. The van der Waals surface area contributed by atoms with E-state index in [-0.39, 0.29) is 11.8 Å². The topological polar surface area (TPSA) is 46.3 Å². The monoisotopic (exact) mass is 246 g/mol. The zero-order chi connectivity index (χ0) is 13.0. The second-order valence-corrected chi connectivity index (χ2v) is 4.97. The Morgan fingerprint density at radius 3 is 2.56 bits per heavy atom. The van der Waals surface area contributed by atoms with E-state index < -0.39 is 0 Å². The summed E-state index contributed by atoms with van der Waals surface area (Å²) in [5, 5.41) is 0. The summed E-state index contributed by atoms with van der Waals surface area (Å²) in [6.07, 6.45) is 4.55. The lowest BCUT2D eigenvalue weighted by Gasteiger charge is -2.31. The largest absolute Gasteiger partial charge is 0.371 e. The van der Waals surface area contributed by atoms with Crippen LogP contribution in [0.1, 0.15) is 44.1 Å². The van der Waals surface area contributed by atoms with Crippen molar-refractivity contribution in [2.45, 2.75) is 38.5 Å². The van der Waals surface area contributed by atoms with Crippen molar-refractivity contribution in [3.63, 3.8) is 0 Å². The third-order valence-corrected chi connectivity index (χ3v) is 3.76. The molecule has 1 heterocycles. The van der Waals surface area contributed by atoms with Gasteiger partial charge in [-0.15, -0.1) is 0 Å². The Morgan fingerprint density at radius 2 is 1.94 bits per heavy atom. The van der Waals surface area contributed by atoms with Crippen LogP contribution in [0.3, 0.4) is 0 Å². The van der Waals surface area contributed by atoms with Gasteiger partial charge in [-0.1, -0.05) is 25.1 Å². The molecule has 1 unspecified atom stereocenters. The SMILES string of the molecule is CCC(C(N)=O)c1ccccc1N1CCCCC1. The fourth-order valence-corrected chi connectivity index (χ4v) is 2.78. The second-order valence-electron chi connectivity index (χ2n) is 4.97. The summed E-state index contributed by atoms with van der Waals surface area (Å²) in [7, 11) is 0. The number of carbonyl (C=O) groups is 1. The van der Waals surface area contributed by atoms with Gasteiger partial charge in [-0.3, -0.25) is 4.79 Å². The van der Waals surface area contributed by atoms with Crippen molar-refractivity contribution in [3.8, 4) is 0 Å². The number of piperidine rings is 1. The van der Waals surface area contributed by atoms with Gasteiger partial charge in [-0.25, -0.2) is 0 Å². The first-order chi connectivity index (χ1) is 8.74. The van der Waals surface area contributed by atoms with Gasteiger partial charge in [0, 0.05) is 18.8 Å². The van der Waals surface area contributed by atoms with Crippen molar-refractivity contribution in [2.24, 2.45) is 5.73 Å². The minimum atomic E-state index is -0.220. The summed E-state index contributed by atoms with van der Waals surface area (Å²) in [6, 6.07) is 8.20. The van der Waals surface area contributed by atoms with Gasteiger partial charge >= 0.3 is 0 Å². The molecule has 1 aromatic carbocycles. The number of carbonyl (C=O) groups excluding carboxylic acids is 1. The molecule has 0 aromatic heterocycles. The van der Waals surface area contributed by atoms with E-state index >= 15 is 0 Å². The lowest BCUT2D eigenvalue weighted by molar-refractivity contribution is -0.119. The molecular weight excluding hydrogens is 224 g/mol. The maximum atomic E-state index is 11.6. The fraction of sp³-hybridized carbons (Fsp3) is 0.533. The van der Waals surface area contributed by atoms with Crippen LogP contribution in [0.15, 0.2) is 24.3 Å². The Labute approximate surface area is 109 Å². The van der Waals surface area contributed by atoms with Crippen LogP contribution in [0.4, 0.5) is 5.69 Å². The first kappa shape index (κ1) is 12.9. The van der Waals surface area contributed by atoms with Crippen molar-refractivity contribution in [2.75, 3.05) is 18.0 Å². The maximum absolute atomic E-state index is 11.6. The third kappa shape index (κ3) is 2.66. The third-order valence-electron chi connectivity index (χ3n) is 3.76. The molecule has 0 saturated carbocycles. The Morgan fingerprint density at radius 1 is 1.28 bits per heavy atom. The van der Waals surface area contributed by atoms with Crippen molar-refractivity contribution in [1.82, 2.24) is 0 Å². The summed E-state index contributed by atoms with van der Waals surface area (Å²) in [4.78, 5) is 14.0. The number of nitrogens with zero attached hydrogens (tertiary/aromatic N) is 1. The Kier molecular flexibility index (Phi) is 4.24. The van der Waals surface area contributed by atoms with E-state index in [1.165, 1.54) is 24.9 Å². The molecule has 2 N–H and O–H groups in total. The average Bonchev–Trinajstić information content (AvgIpc) is 2.41. The Hall–Kier alpha value is -1.51. The highest BCUT2D eigenvalue weighted by Crippen LogP contribution is 2.31. The van der Waals surface area contributed by atoms with Crippen LogP contribution in [-0.2, 0) is 4.79 Å². The molecule has 1 aromatic rings. The number of primary amides is 1. The van der Waals surface area contributed by atoms with E-state index in [1.807, 2.05) is 25.1 Å². The minimum absolute atomic E-state index is 0.164. The summed E-state index contributed by atoms with van der Waals surface area (Å²) in [5.41, 5.74) is 7.81. The van der Waals surface area contributed by atoms with E-state index in [2.05, 4.69) is 11.0 Å². The lowest BCUT2D eigenvalue weighted by atomic mass is 9.93. The van der Waals surface area contributed by atoms with Gasteiger partial charge in [0.25, 0.3) is 0 Å². The van der Waals surface area contributed by atoms with Gasteiger partial charge in [0.2, 0.25) is 5.91 Å². The number of hydrogen-bond donors (Lipinski definition) is 1. The summed E-state index contributed by atoms with van der Waals surface area (Å²) in [6.45, 7) is 4.20. The molecule has 1 fully saturated rings. The van der Waals surface area contributed by atoms with Crippen LogP contribution < -0.4 is 10.6 Å². The number of rotatable bonds is 4. The molecule has 1 atom stereocenters. The van der Waals surface area contributed by atoms with Gasteiger partial charge in [-0.2, -0.15) is 0 Å². The molecule has 0 spiro atoms. The van der Waals surface area contributed by atoms with Crippen LogP contribution in [-0.4, -0.2) is 19.0 Å². The van der Waals surface area contributed by atoms with Crippen LogP contribution >= 0.6 is 0 Å². The predicted octanol–water partition coefficient (Wildman–Crippen LogP) is 2.66. The number of hydrogen-bond acceptors (Lipinski definition) is 2. The number of nitrogens with two attached hydrogens (primary N) is 1. The molecule has 1 aliphatic heterocycles. The Bertz CT molecular complexity index is 411. The minimum Gasteiger partial charge on any atom is -0.371 e. The molecule has 2 rings (SSSR count). The second kappa shape index (κ2) is 5.89. The first-order valence-corrected chi connectivity index (χ1v) is 6.87. The Balaban J connectivity index is 2.31. The molecule has 3 nitrogen and oxygen atoms in total. The van der Waals surface area contributed by atoms with Crippen molar-refractivity contribution < 1.29 is 4.79 Å². The van der Waals surface area contributed by atoms with Crippen molar-refractivity contribution >= 4 is 11.6 Å². The van der Waals surface area contributed by atoms with E-state index in [9.17, 15) is 4.79 Å². The highest BCUT2D eigenvalue weighted by atomic mass is 16.1.